The van der Waals surface area contributed by atoms with Gasteiger partial charge in [-0.1, -0.05) is 5.10 Å². The maximum Gasteiger partial charge on any atom is 0.288 e. The zero-order chi connectivity index (χ0) is 15.0. The minimum absolute atomic E-state index is 0.0386. The van der Waals surface area contributed by atoms with Crippen molar-refractivity contribution >= 4 is 23.8 Å². The van der Waals surface area contributed by atoms with Crippen molar-refractivity contribution in [3.63, 3.8) is 0 Å². The molecule has 0 bridgehead atoms. The summed E-state index contributed by atoms with van der Waals surface area (Å²) in [5.41, 5.74) is 9.70. The van der Waals surface area contributed by atoms with Gasteiger partial charge in [0.15, 0.2) is 5.96 Å². The van der Waals surface area contributed by atoms with E-state index in [1.807, 2.05) is 0 Å². The Kier molecular flexibility index (Phi) is 5.25. The third-order valence-corrected chi connectivity index (χ3v) is 1.77. The van der Waals surface area contributed by atoms with Crippen LogP contribution in [0.15, 0.2) is 29.3 Å². The van der Waals surface area contributed by atoms with Crippen molar-refractivity contribution in [1.29, 1.82) is 5.41 Å². The molecule has 1 heterocycles. The number of nitrogens with one attached hydrogen (secondary N) is 2. The fraction of sp³-hybridized carbons (Fsp3) is 0. The zero-order valence-electron chi connectivity index (χ0n) is 10.1. The number of nitro groups is 1. The van der Waals surface area contributed by atoms with Crippen LogP contribution in [0.4, 0.5) is 11.6 Å². The number of aromatic amines is 1. The Balaban J connectivity index is 0.000000444. The number of nitro benzene ring substituents is 1. The largest absolute Gasteiger partial charge is 0.370 e. The summed E-state index contributed by atoms with van der Waals surface area (Å²) in [6.45, 7) is 0. The van der Waals surface area contributed by atoms with Crippen LogP contribution in [0, 0.1) is 15.5 Å². The van der Waals surface area contributed by atoms with Crippen molar-refractivity contribution in [2.24, 2.45) is 16.5 Å². The summed E-state index contributed by atoms with van der Waals surface area (Å²) in [5, 5.41) is 29.3. The van der Waals surface area contributed by atoms with Gasteiger partial charge in [-0.2, -0.15) is 5.21 Å². The van der Waals surface area contributed by atoms with E-state index in [0.29, 0.717) is 0 Å². The van der Waals surface area contributed by atoms with E-state index in [2.05, 4.69) is 37.1 Å². The van der Waals surface area contributed by atoms with E-state index in [0.717, 1.165) is 5.56 Å². The minimum atomic E-state index is -0.458. The lowest BCUT2D eigenvalue weighted by Crippen LogP contribution is -2.20. The average Bonchev–Trinajstić information content (AvgIpc) is 2.89. The predicted molar refractivity (Wildman–Crippen MR) is 70.6 cm³/mol. The molecule has 11 nitrogen and oxygen atoms in total. The number of aromatic nitrogens is 4. The van der Waals surface area contributed by atoms with Gasteiger partial charge in [-0.05, 0) is 22.9 Å². The topological polar surface area (TPSA) is 186 Å². The number of hydrogen-bond donors (Lipinski definition) is 4. The van der Waals surface area contributed by atoms with Crippen molar-refractivity contribution in [1.82, 2.24) is 20.6 Å². The second-order valence-electron chi connectivity index (χ2n) is 3.27. The first-order valence-electron chi connectivity index (χ1n) is 5.10. The molecule has 11 heteroatoms. The molecule has 20 heavy (non-hydrogen) atoms. The van der Waals surface area contributed by atoms with E-state index >= 15 is 0 Å². The molecule has 2 aromatic rings. The fourth-order valence-electron chi connectivity index (χ4n) is 1.03. The highest BCUT2D eigenvalue weighted by Crippen LogP contribution is 2.11. The number of hydrogen-bond acceptors (Lipinski definition) is 7. The number of rotatable bonds is 3. The van der Waals surface area contributed by atoms with Crippen LogP contribution in [-0.2, 0) is 0 Å². The molecule has 0 saturated heterocycles. The molecule has 0 amide bonds. The number of nitrogens with zero attached hydrogens (tertiary/aromatic N) is 5. The van der Waals surface area contributed by atoms with Gasteiger partial charge in [-0.15, -0.1) is 5.10 Å². The summed E-state index contributed by atoms with van der Waals surface area (Å²) in [7, 11) is 0. The van der Waals surface area contributed by atoms with Crippen molar-refractivity contribution in [3.05, 3.63) is 39.9 Å². The molecule has 0 spiro atoms. The lowest BCUT2D eigenvalue weighted by molar-refractivity contribution is -0.384. The highest BCUT2D eigenvalue weighted by molar-refractivity contribution is 5.81. The smallest absolute Gasteiger partial charge is 0.288 e. The minimum Gasteiger partial charge on any atom is -0.370 e. The van der Waals surface area contributed by atoms with Crippen LogP contribution in [0.2, 0.25) is 0 Å². The van der Waals surface area contributed by atoms with Crippen molar-refractivity contribution in [2.45, 2.75) is 0 Å². The van der Waals surface area contributed by atoms with Crippen molar-refractivity contribution < 1.29 is 4.92 Å². The average molecular weight is 277 g/mol. The molecule has 0 unspecified atom stereocenters. The van der Waals surface area contributed by atoms with Crippen molar-refractivity contribution in [3.8, 4) is 0 Å². The molecule has 104 valence electrons. The zero-order valence-corrected chi connectivity index (χ0v) is 10.1. The molecule has 0 aliphatic carbocycles. The molecule has 2 rings (SSSR count). The van der Waals surface area contributed by atoms with Crippen LogP contribution in [0.1, 0.15) is 5.56 Å². The van der Waals surface area contributed by atoms with E-state index in [1.165, 1.54) is 18.3 Å². The molecule has 0 saturated carbocycles. The number of guanidine groups is 1. The SMILES string of the molecule is N=C(N)N.O=[N+]([O-])c1ccc(C=Nc2nn[nH]n2)cc1. The predicted octanol–water partition coefficient (Wildman–Crippen LogP) is -0.303. The Bertz CT molecular complexity index is 586. The third kappa shape index (κ3) is 5.31. The Morgan fingerprint density at radius 3 is 2.45 bits per heavy atom. The van der Waals surface area contributed by atoms with E-state index in [4.69, 9.17) is 5.41 Å². The van der Waals surface area contributed by atoms with Gasteiger partial charge in [0.2, 0.25) is 0 Å². The van der Waals surface area contributed by atoms with E-state index in [9.17, 15) is 10.1 Å². The second-order valence-corrected chi connectivity index (χ2v) is 3.27. The van der Waals surface area contributed by atoms with Crippen LogP contribution >= 0.6 is 0 Å². The van der Waals surface area contributed by atoms with E-state index < -0.39 is 4.92 Å². The van der Waals surface area contributed by atoms with Crippen molar-refractivity contribution in [2.75, 3.05) is 0 Å². The quantitative estimate of drug-likeness (QED) is 0.256. The number of tetrazole rings is 1. The fourth-order valence-corrected chi connectivity index (χ4v) is 1.03. The van der Waals surface area contributed by atoms with Gasteiger partial charge >= 0.3 is 0 Å². The van der Waals surface area contributed by atoms with Gasteiger partial charge in [-0.3, -0.25) is 15.5 Å². The number of aliphatic imine (C=N–C) groups is 1. The Morgan fingerprint density at radius 2 is 2.00 bits per heavy atom. The molecular weight excluding hydrogens is 266 g/mol. The molecule has 0 fully saturated rings. The normalized spacial score (nSPS) is 9.80. The molecule has 0 aliphatic heterocycles. The molecule has 0 radical (unpaired) electrons. The highest BCUT2D eigenvalue weighted by Gasteiger charge is 2.02. The summed E-state index contributed by atoms with van der Waals surface area (Å²) in [5.74, 6) is -0.127. The Morgan fingerprint density at radius 1 is 1.40 bits per heavy atom. The van der Waals surface area contributed by atoms with Gasteiger partial charge in [0.1, 0.15) is 0 Å². The molecule has 1 aromatic heterocycles. The third-order valence-electron chi connectivity index (χ3n) is 1.77. The summed E-state index contributed by atoms with van der Waals surface area (Å²) in [6, 6.07) is 5.97. The summed E-state index contributed by atoms with van der Waals surface area (Å²) in [6.07, 6.45) is 1.49. The molecule has 0 aliphatic rings. The maximum atomic E-state index is 10.4. The number of H-pyrrole nitrogens is 1. The van der Waals surface area contributed by atoms with E-state index in [1.54, 1.807) is 12.1 Å². The lowest BCUT2D eigenvalue weighted by Gasteiger charge is -1.91. The molecule has 0 atom stereocenters. The van der Waals surface area contributed by atoms with Gasteiger partial charge < -0.3 is 11.5 Å². The molecule has 1 aromatic carbocycles. The number of non-ortho nitro benzene ring substituents is 1. The molecule has 6 N–H and O–H groups in total. The number of nitrogens with two attached hydrogens (primary N) is 2. The van der Waals surface area contributed by atoms with Gasteiger partial charge in [-0.25, -0.2) is 4.99 Å². The Hall–Kier alpha value is -3.37. The molecular formula is C9H11N9O2. The van der Waals surface area contributed by atoms with Crippen LogP contribution in [-0.4, -0.2) is 37.7 Å². The number of benzene rings is 1. The van der Waals surface area contributed by atoms with Crippen LogP contribution in [0.25, 0.3) is 0 Å². The first kappa shape index (κ1) is 14.7. The van der Waals surface area contributed by atoms with Gasteiger partial charge in [0.25, 0.3) is 11.6 Å². The lowest BCUT2D eigenvalue weighted by atomic mass is 10.2. The van der Waals surface area contributed by atoms with Crippen LogP contribution in [0.5, 0.6) is 0 Å². The summed E-state index contributed by atoms with van der Waals surface area (Å²) < 4.78 is 0. The van der Waals surface area contributed by atoms with E-state index in [-0.39, 0.29) is 17.6 Å². The van der Waals surface area contributed by atoms with Gasteiger partial charge in [0.05, 0.1) is 4.92 Å². The standard InChI is InChI=1S/C8H6N6O2.CH5N3/c15-14(16)7-3-1-6(2-4-7)5-9-8-10-12-13-11-8;2-1(3)4/h1-5H,(H,10,11,12,13);(H5,2,3,4). The highest BCUT2D eigenvalue weighted by atomic mass is 16.6. The first-order chi connectivity index (χ1) is 9.49. The summed E-state index contributed by atoms with van der Waals surface area (Å²) >= 11 is 0. The summed E-state index contributed by atoms with van der Waals surface area (Å²) in [4.78, 5) is 13.8. The van der Waals surface area contributed by atoms with Gasteiger partial charge in [0, 0.05) is 18.3 Å². The van der Waals surface area contributed by atoms with Crippen LogP contribution in [0.3, 0.4) is 0 Å². The van der Waals surface area contributed by atoms with Crippen LogP contribution < -0.4 is 11.5 Å². The second kappa shape index (κ2) is 7.15. The first-order valence-corrected chi connectivity index (χ1v) is 5.10. The monoisotopic (exact) mass is 277 g/mol. The Labute approximate surface area is 112 Å². The maximum absolute atomic E-state index is 10.4.